The Balaban J connectivity index is 3.38. The Morgan fingerprint density at radius 3 is 2.08 bits per heavy atom. The minimum absolute atomic E-state index is 0.512. The molecule has 0 bridgehead atoms. The van der Waals surface area contributed by atoms with E-state index in [0.29, 0.717) is 5.41 Å². The van der Waals surface area contributed by atoms with Crippen molar-refractivity contribution in [2.24, 2.45) is 0 Å². The van der Waals surface area contributed by atoms with Crippen LogP contribution in [0.1, 0.15) is 32.1 Å². The number of halogens is 1. The highest BCUT2D eigenvalue weighted by Gasteiger charge is 2.22. The molecule has 0 amide bonds. The summed E-state index contributed by atoms with van der Waals surface area (Å²) in [6.07, 6.45) is 5.26. The van der Waals surface area contributed by atoms with Crippen molar-refractivity contribution in [3.63, 3.8) is 0 Å². The van der Waals surface area contributed by atoms with Gasteiger partial charge in [-0.2, -0.15) is 0 Å². The highest BCUT2D eigenvalue weighted by Crippen LogP contribution is 2.10. The SMILES string of the molecule is C[Si](C)(C)C(=O)CCCCCCCl. The summed E-state index contributed by atoms with van der Waals surface area (Å²) in [5.41, 5.74) is 0. The monoisotopic (exact) mass is 220 g/mol. The fourth-order valence-electron chi connectivity index (χ4n) is 1.11. The molecule has 0 aliphatic carbocycles. The van der Waals surface area contributed by atoms with Crippen LogP contribution >= 0.6 is 11.6 Å². The fourth-order valence-corrected chi connectivity index (χ4v) is 2.22. The van der Waals surface area contributed by atoms with Crippen molar-refractivity contribution in [1.82, 2.24) is 0 Å². The number of hydrogen-bond acceptors (Lipinski definition) is 1. The molecule has 0 heterocycles. The van der Waals surface area contributed by atoms with E-state index in [-0.39, 0.29) is 0 Å². The third-order valence-corrected chi connectivity index (χ3v) is 4.31. The van der Waals surface area contributed by atoms with Gasteiger partial charge in [-0.3, -0.25) is 0 Å². The molecule has 0 unspecified atom stereocenters. The van der Waals surface area contributed by atoms with Gasteiger partial charge in [0.2, 0.25) is 0 Å². The molecule has 0 aromatic heterocycles. The van der Waals surface area contributed by atoms with Crippen molar-refractivity contribution in [2.75, 3.05) is 5.88 Å². The molecule has 1 nitrogen and oxygen atoms in total. The third-order valence-electron chi connectivity index (χ3n) is 2.12. The molecule has 0 rings (SSSR count). The minimum Gasteiger partial charge on any atom is -0.305 e. The molecule has 0 fully saturated rings. The summed E-state index contributed by atoms with van der Waals surface area (Å²) in [5, 5.41) is 0.512. The number of hydrogen-bond donors (Lipinski definition) is 0. The third kappa shape index (κ3) is 7.26. The Morgan fingerprint density at radius 1 is 1.08 bits per heavy atom. The first-order chi connectivity index (χ1) is 5.98. The average molecular weight is 221 g/mol. The van der Waals surface area contributed by atoms with E-state index >= 15 is 0 Å². The second kappa shape index (κ2) is 6.60. The standard InChI is InChI=1S/C10H21ClOSi/c1-13(2,3)10(12)8-6-4-5-7-9-11/h4-9H2,1-3H3. The molecule has 0 saturated heterocycles. The van der Waals surface area contributed by atoms with Gasteiger partial charge in [0, 0.05) is 12.3 Å². The molecule has 0 spiro atoms. The van der Waals surface area contributed by atoms with Crippen LogP contribution in [0.25, 0.3) is 0 Å². The van der Waals surface area contributed by atoms with Crippen LogP contribution in [0.4, 0.5) is 0 Å². The number of alkyl halides is 1. The van der Waals surface area contributed by atoms with Crippen molar-refractivity contribution in [3.05, 3.63) is 0 Å². The Morgan fingerprint density at radius 2 is 1.62 bits per heavy atom. The smallest absolute Gasteiger partial charge is 0.123 e. The topological polar surface area (TPSA) is 17.1 Å². The lowest BCUT2D eigenvalue weighted by Gasteiger charge is -2.13. The molecule has 0 saturated carbocycles. The molecular formula is C10H21ClOSi. The van der Waals surface area contributed by atoms with Crippen molar-refractivity contribution < 1.29 is 4.79 Å². The molecular weight excluding hydrogens is 200 g/mol. The first-order valence-electron chi connectivity index (χ1n) is 5.07. The lowest BCUT2D eigenvalue weighted by Crippen LogP contribution is -2.32. The summed E-state index contributed by atoms with van der Waals surface area (Å²) >= 11 is 5.56. The van der Waals surface area contributed by atoms with E-state index in [2.05, 4.69) is 19.6 Å². The van der Waals surface area contributed by atoms with Gasteiger partial charge in [0.15, 0.2) is 0 Å². The molecule has 3 heteroatoms. The number of rotatable bonds is 7. The zero-order valence-electron chi connectivity index (χ0n) is 9.03. The van der Waals surface area contributed by atoms with Crippen LogP contribution in [0.5, 0.6) is 0 Å². The average Bonchev–Trinajstić information content (AvgIpc) is 2.02. The maximum atomic E-state index is 11.5. The van der Waals surface area contributed by atoms with Gasteiger partial charge >= 0.3 is 0 Å². The Kier molecular flexibility index (Phi) is 6.69. The summed E-state index contributed by atoms with van der Waals surface area (Å²) < 4.78 is 0. The highest BCUT2D eigenvalue weighted by atomic mass is 35.5. The molecule has 78 valence electrons. The second-order valence-electron chi connectivity index (χ2n) is 4.53. The van der Waals surface area contributed by atoms with Crippen LogP contribution in [-0.2, 0) is 4.79 Å². The second-order valence-corrected chi connectivity index (χ2v) is 9.96. The van der Waals surface area contributed by atoms with Gasteiger partial charge in [-0.1, -0.05) is 32.5 Å². The Labute approximate surface area is 87.9 Å². The van der Waals surface area contributed by atoms with Crippen LogP contribution in [0.3, 0.4) is 0 Å². The predicted octanol–water partition coefficient (Wildman–Crippen LogP) is 3.62. The van der Waals surface area contributed by atoms with Gasteiger partial charge in [-0.25, -0.2) is 0 Å². The zero-order valence-corrected chi connectivity index (χ0v) is 10.8. The molecule has 0 aliphatic heterocycles. The lowest BCUT2D eigenvalue weighted by molar-refractivity contribution is -0.112. The van der Waals surface area contributed by atoms with Gasteiger partial charge in [0.1, 0.15) is 13.5 Å². The van der Waals surface area contributed by atoms with Gasteiger partial charge < -0.3 is 4.79 Å². The number of carbonyl (C=O) groups is 1. The van der Waals surface area contributed by atoms with Crippen LogP contribution < -0.4 is 0 Å². The van der Waals surface area contributed by atoms with Gasteiger partial charge in [-0.15, -0.1) is 11.6 Å². The zero-order chi connectivity index (χ0) is 10.3. The lowest BCUT2D eigenvalue weighted by atomic mass is 10.2. The normalized spacial score (nSPS) is 11.7. The quantitative estimate of drug-likeness (QED) is 0.364. The van der Waals surface area contributed by atoms with Crippen LogP contribution in [0.15, 0.2) is 0 Å². The number of carbonyl (C=O) groups excluding carboxylic acids is 1. The number of unbranched alkanes of at least 4 members (excludes halogenated alkanes) is 3. The maximum Gasteiger partial charge on any atom is 0.123 e. The van der Waals surface area contributed by atoms with Gasteiger partial charge in [0.05, 0.1) is 0 Å². The summed E-state index contributed by atoms with van der Waals surface area (Å²) in [7, 11) is -1.49. The summed E-state index contributed by atoms with van der Waals surface area (Å²) in [6.45, 7) is 6.36. The van der Waals surface area contributed by atoms with Crippen LogP contribution in [0, 0.1) is 0 Å². The van der Waals surface area contributed by atoms with E-state index in [4.69, 9.17) is 11.6 Å². The molecule has 0 atom stereocenters. The Hall–Kier alpha value is 0.177. The minimum atomic E-state index is -1.49. The summed E-state index contributed by atoms with van der Waals surface area (Å²) in [6, 6.07) is 0. The van der Waals surface area contributed by atoms with Gasteiger partial charge in [0.25, 0.3) is 0 Å². The van der Waals surface area contributed by atoms with E-state index < -0.39 is 8.07 Å². The first-order valence-corrected chi connectivity index (χ1v) is 9.11. The van der Waals surface area contributed by atoms with E-state index in [1.54, 1.807) is 0 Å². The van der Waals surface area contributed by atoms with Crippen molar-refractivity contribution in [1.29, 1.82) is 0 Å². The van der Waals surface area contributed by atoms with Crippen molar-refractivity contribution in [2.45, 2.75) is 51.7 Å². The van der Waals surface area contributed by atoms with Crippen molar-refractivity contribution in [3.8, 4) is 0 Å². The molecule has 13 heavy (non-hydrogen) atoms. The molecule has 0 N–H and O–H groups in total. The molecule has 0 radical (unpaired) electrons. The Bertz CT molecular complexity index is 151. The molecule has 0 aliphatic rings. The van der Waals surface area contributed by atoms with E-state index in [0.717, 1.165) is 31.6 Å². The van der Waals surface area contributed by atoms with Crippen molar-refractivity contribution >= 4 is 25.1 Å². The fraction of sp³-hybridized carbons (Fsp3) is 0.900. The summed E-state index contributed by atoms with van der Waals surface area (Å²) in [5.74, 6) is 0.752. The molecule has 0 aromatic carbocycles. The largest absolute Gasteiger partial charge is 0.305 e. The molecule has 0 aromatic rings. The first kappa shape index (κ1) is 13.2. The van der Waals surface area contributed by atoms with E-state index in [9.17, 15) is 4.79 Å². The van der Waals surface area contributed by atoms with Gasteiger partial charge in [-0.05, 0) is 12.8 Å². The van der Waals surface area contributed by atoms with E-state index in [1.807, 2.05) is 0 Å². The summed E-state index contributed by atoms with van der Waals surface area (Å²) in [4.78, 5) is 11.5. The van der Waals surface area contributed by atoms with Crippen LogP contribution in [-0.4, -0.2) is 19.4 Å². The highest BCUT2D eigenvalue weighted by molar-refractivity contribution is 7.03. The van der Waals surface area contributed by atoms with Crippen LogP contribution in [0.2, 0.25) is 19.6 Å². The van der Waals surface area contributed by atoms with E-state index in [1.165, 1.54) is 6.42 Å². The maximum absolute atomic E-state index is 11.5. The predicted molar refractivity (Wildman–Crippen MR) is 62.2 cm³/mol.